The molecule has 1 aromatic heterocycles. The van der Waals surface area contributed by atoms with Crippen LogP contribution >= 0.6 is 11.3 Å². The molecule has 0 N–H and O–H groups in total. The Bertz CT molecular complexity index is 1350. The summed E-state index contributed by atoms with van der Waals surface area (Å²) in [6, 6.07) is 8.75. The van der Waals surface area contributed by atoms with Crippen LogP contribution in [0.2, 0.25) is 0 Å². The number of piperidine rings is 1. The number of aromatic nitrogens is 1. The van der Waals surface area contributed by atoms with Gasteiger partial charge in [-0.25, -0.2) is 22.2 Å². The Hall–Kier alpha value is -2.47. The first-order chi connectivity index (χ1) is 17.6. The zero-order valence-electron chi connectivity index (χ0n) is 21.3. The fraction of sp³-hybridized carbons (Fsp3) is 0.462. The minimum Gasteiger partial charge on any atom is -0.302 e. The van der Waals surface area contributed by atoms with Crippen LogP contribution in [0.3, 0.4) is 0 Å². The Labute approximate surface area is 220 Å². The molecule has 1 aliphatic heterocycles. The van der Waals surface area contributed by atoms with Crippen LogP contribution in [0.15, 0.2) is 41.3 Å². The van der Waals surface area contributed by atoms with Crippen LogP contribution in [0, 0.1) is 24.5 Å². The standard InChI is InChI=1S/C26H32F2N4O3S2/c1-4-30(5-2)14-15-32(26-29-24-22(28)16-20(27)17-23(24)36-26)25(33)19-10-12-31(13-11-19)37(34,35)21-8-6-18(3)7-9-21/h6-9,16-17,19H,4-5,10-15H2,1-3H3. The van der Waals surface area contributed by atoms with Crippen LogP contribution in [-0.2, 0) is 14.8 Å². The van der Waals surface area contributed by atoms with Gasteiger partial charge < -0.3 is 4.90 Å². The molecule has 0 spiro atoms. The van der Waals surface area contributed by atoms with Gasteiger partial charge in [0.2, 0.25) is 15.9 Å². The number of carbonyl (C=O) groups excluding carboxylic acids is 1. The average molecular weight is 551 g/mol. The minimum absolute atomic E-state index is 0.0426. The number of rotatable bonds is 9. The third-order valence-electron chi connectivity index (χ3n) is 6.90. The number of amides is 1. The number of carbonyl (C=O) groups is 1. The molecule has 0 bridgehead atoms. The molecule has 1 fully saturated rings. The molecule has 2 heterocycles. The molecular weight excluding hydrogens is 518 g/mol. The van der Waals surface area contributed by atoms with Crippen LogP contribution in [-0.4, -0.2) is 67.8 Å². The van der Waals surface area contributed by atoms with E-state index < -0.39 is 27.6 Å². The van der Waals surface area contributed by atoms with E-state index in [0.717, 1.165) is 36.1 Å². The van der Waals surface area contributed by atoms with E-state index in [0.29, 0.717) is 35.8 Å². The lowest BCUT2D eigenvalue weighted by Crippen LogP contribution is -2.46. The fourth-order valence-corrected chi connectivity index (χ4v) is 7.07. The SMILES string of the molecule is CCN(CC)CCN(C(=O)C1CCN(S(=O)(=O)c2ccc(C)cc2)CC1)c1nc2c(F)cc(F)cc2s1. The maximum absolute atomic E-state index is 14.3. The molecule has 2 aromatic carbocycles. The van der Waals surface area contributed by atoms with Gasteiger partial charge in [-0.15, -0.1) is 0 Å². The molecule has 200 valence electrons. The van der Waals surface area contributed by atoms with Crippen molar-refractivity contribution in [1.29, 1.82) is 0 Å². The van der Waals surface area contributed by atoms with E-state index in [4.69, 9.17) is 0 Å². The molecule has 0 unspecified atom stereocenters. The Kier molecular flexibility index (Phi) is 8.57. The van der Waals surface area contributed by atoms with Gasteiger partial charge in [-0.3, -0.25) is 9.69 Å². The van der Waals surface area contributed by atoms with E-state index in [-0.39, 0.29) is 29.4 Å². The summed E-state index contributed by atoms with van der Waals surface area (Å²) in [6.45, 7) is 9.02. The highest BCUT2D eigenvalue weighted by Crippen LogP contribution is 2.33. The Morgan fingerprint density at radius 1 is 1.08 bits per heavy atom. The summed E-state index contributed by atoms with van der Waals surface area (Å²) < 4.78 is 56.1. The monoisotopic (exact) mass is 550 g/mol. The normalized spacial score (nSPS) is 15.5. The van der Waals surface area contributed by atoms with Crippen molar-refractivity contribution >= 4 is 42.6 Å². The Morgan fingerprint density at radius 3 is 2.35 bits per heavy atom. The molecule has 3 aromatic rings. The van der Waals surface area contributed by atoms with E-state index in [1.807, 2.05) is 20.8 Å². The zero-order valence-corrected chi connectivity index (χ0v) is 22.9. The molecule has 0 radical (unpaired) electrons. The number of nitrogens with zero attached hydrogens (tertiary/aromatic N) is 4. The molecule has 0 atom stereocenters. The first-order valence-electron chi connectivity index (χ1n) is 12.5. The van der Waals surface area contributed by atoms with Crippen molar-refractivity contribution in [3.05, 3.63) is 53.6 Å². The largest absolute Gasteiger partial charge is 0.302 e. The second-order valence-electron chi connectivity index (χ2n) is 9.24. The Balaban J connectivity index is 1.54. The molecule has 1 saturated heterocycles. The Morgan fingerprint density at radius 2 is 1.73 bits per heavy atom. The number of hydrogen-bond acceptors (Lipinski definition) is 6. The predicted octanol–water partition coefficient (Wildman–Crippen LogP) is 4.66. The van der Waals surface area contributed by atoms with Crippen molar-refractivity contribution in [2.24, 2.45) is 5.92 Å². The van der Waals surface area contributed by atoms with Crippen LogP contribution < -0.4 is 4.90 Å². The number of aryl methyl sites for hydroxylation is 1. The summed E-state index contributed by atoms with van der Waals surface area (Å²) in [5.74, 6) is -2.01. The van der Waals surface area contributed by atoms with Crippen molar-refractivity contribution < 1.29 is 22.0 Å². The second-order valence-corrected chi connectivity index (χ2v) is 12.2. The summed E-state index contributed by atoms with van der Waals surface area (Å²) in [6.07, 6.45) is 0.749. The minimum atomic E-state index is -3.64. The summed E-state index contributed by atoms with van der Waals surface area (Å²) in [5, 5.41) is 0.325. The summed E-state index contributed by atoms with van der Waals surface area (Å²) in [4.78, 5) is 22.1. The van der Waals surface area contributed by atoms with Gasteiger partial charge in [-0.1, -0.05) is 42.9 Å². The molecule has 1 amide bonds. The zero-order chi connectivity index (χ0) is 26.7. The highest BCUT2D eigenvalue weighted by molar-refractivity contribution is 7.89. The smallest absolute Gasteiger partial charge is 0.243 e. The first-order valence-corrected chi connectivity index (χ1v) is 14.8. The lowest BCUT2D eigenvalue weighted by atomic mass is 9.96. The molecule has 7 nitrogen and oxygen atoms in total. The van der Waals surface area contributed by atoms with E-state index in [2.05, 4.69) is 9.88 Å². The second kappa shape index (κ2) is 11.5. The van der Waals surface area contributed by atoms with Gasteiger partial charge in [-0.05, 0) is 51.1 Å². The van der Waals surface area contributed by atoms with Crippen molar-refractivity contribution in [3.8, 4) is 0 Å². The number of anilines is 1. The van der Waals surface area contributed by atoms with Gasteiger partial charge in [-0.2, -0.15) is 4.31 Å². The molecule has 4 rings (SSSR count). The van der Waals surface area contributed by atoms with Gasteiger partial charge in [0, 0.05) is 38.2 Å². The summed E-state index contributed by atoms with van der Waals surface area (Å²) >= 11 is 1.09. The number of thiazole rings is 1. The molecule has 1 aliphatic rings. The molecule has 11 heteroatoms. The van der Waals surface area contributed by atoms with Gasteiger partial charge in [0.05, 0.1) is 9.60 Å². The topological polar surface area (TPSA) is 73.8 Å². The van der Waals surface area contributed by atoms with Crippen molar-refractivity contribution in [1.82, 2.24) is 14.2 Å². The van der Waals surface area contributed by atoms with Gasteiger partial charge in [0.15, 0.2) is 10.9 Å². The van der Waals surface area contributed by atoms with E-state index in [9.17, 15) is 22.0 Å². The third kappa shape index (κ3) is 6.00. The first kappa shape index (κ1) is 27.6. The quantitative estimate of drug-likeness (QED) is 0.388. The number of fused-ring (bicyclic) bond motifs is 1. The van der Waals surface area contributed by atoms with Crippen LogP contribution in [0.5, 0.6) is 0 Å². The highest BCUT2D eigenvalue weighted by atomic mass is 32.2. The van der Waals surface area contributed by atoms with Gasteiger partial charge in [0.25, 0.3) is 0 Å². The highest BCUT2D eigenvalue weighted by Gasteiger charge is 2.35. The molecular formula is C26H32F2N4O3S2. The summed E-state index contributed by atoms with van der Waals surface area (Å²) in [7, 11) is -3.64. The lowest BCUT2D eigenvalue weighted by Gasteiger charge is -2.33. The number of sulfonamides is 1. The molecule has 0 aliphatic carbocycles. The average Bonchev–Trinajstić information content (AvgIpc) is 3.31. The third-order valence-corrected chi connectivity index (χ3v) is 9.83. The van der Waals surface area contributed by atoms with Crippen molar-refractivity contribution in [3.63, 3.8) is 0 Å². The predicted molar refractivity (Wildman–Crippen MR) is 142 cm³/mol. The van der Waals surface area contributed by atoms with E-state index >= 15 is 0 Å². The molecule has 37 heavy (non-hydrogen) atoms. The number of hydrogen-bond donors (Lipinski definition) is 0. The van der Waals surface area contributed by atoms with E-state index in [1.54, 1.807) is 29.2 Å². The number of halogens is 2. The summed E-state index contributed by atoms with van der Waals surface area (Å²) in [5.41, 5.74) is 1.02. The number of benzene rings is 2. The molecule has 0 saturated carbocycles. The van der Waals surface area contributed by atoms with Gasteiger partial charge >= 0.3 is 0 Å². The maximum Gasteiger partial charge on any atom is 0.243 e. The maximum atomic E-state index is 14.3. The van der Waals surface area contributed by atoms with Crippen molar-refractivity contribution in [2.75, 3.05) is 44.2 Å². The number of likely N-dealkylation sites (N-methyl/N-ethyl adjacent to an activating group) is 1. The fourth-order valence-electron chi connectivity index (χ4n) is 4.57. The van der Waals surface area contributed by atoms with Crippen LogP contribution in [0.25, 0.3) is 10.2 Å². The van der Waals surface area contributed by atoms with Crippen LogP contribution in [0.4, 0.5) is 13.9 Å². The lowest BCUT2D eigenvalue weighted by molar-refractivity contribution is -0.123. The van der Waals surface area contributed by atoms with Gasteiger partial charge in [0.1, 0.15) is 11.3 Å². The van der Waals surface area contributed by atoms with Crippen molar-refractivity contribution in [2.45, 2.75) is 38.5 Å². The van der Waals surface area contributed by atoms with E-state index in [1.165, 1.54) is 10.4 Å². The van der Waals surface area contributed by atoms with Crippen LogP contribution in [0.1, 0.15) is 32.3 Å².